The molecule has 2 aromatic carbocycles. The molecule has 1 aliphatic heterocycles. The van der Waals surface area contributed by atoms with Gasteiger partial charge in [-0.05, 0) is 51.2 Å². The summed E-state index contributed by atoms with van der Waals surface area (Å²) in [5, 5.41) is 7.30. The zero-order chi connectivity index (χ0) is 26.6. The van der Waals surface area contributed by atoms with Crippen LogP contribution in [-0.4, -0.2) is 59.7 Å². The van der Waals surface area contributed by atoms with E-state index in [4.69, 9.17) is 14.5 Å². The van der Waals surface area contributed by atoms with Crippen molar-refractivity contribution in [3.8, 4) is 22.8 Å². The van der Waals surface area contributed by atoms with E-state index >= 15 is 0 Å². The molecule has 0 unspecified atom stereocenters. The molecular weight excluding hydrogens is 480 g/mol. The Hall–Kier alpha value is -4.37. The Bertz CT molecular complexity index is 1490. The summed E-state index contributed by atoms with van der Waals surface area (Å²) >= 11 is 0. The molecule has 196 valence electrons. The summed E-state index contributed by atoms with van der Waals surface area (Å²) < 4.78 is 14.0. The highest BCUT2D eigenvalue weighted by Gasteiger charge is 2.23. The number of nitrogens with zero attached hydrogens (tertiary/aromatic N) is 4. The molecule has 0 saturated carbocycles. The van der Waals surface area contributed by atoms with Crippen molar-refractivity contribution < 1.29 is 14.3 Å². The van der Waals surface area contributed by atoms with E-state index in [0.717, 1.165) is 37.2 Å². The van der Waals surface area contributed by atoms with Gasteiger partial charge in [0.15, 0.2) is 0 Å². The lowest BCUT2D eigenvalue weighted by Gasteiger charge is -2.18. The van der Waals surface area contributed by atoms with Crippen LogP contribution in [0.2, 0.25) is 0 Å². The van der Waals surface area contributed by atoms with Crippen LogP contribution in [0.1, 0.15) is 12.1 Å². The molecule has 2 N–H and O–H groups in total. The molecule has 1 aliphatic rings. The second-order valence-electron chi connectivity index (χ2n) is 9.38. The fraction of sp³-hybridized carbons (Fsp3) is 0.276. The number of nitrogens with one attached hydrogen (secondary N) is 2. The van der Waals surface area contributed by atoms with Gasteiger partial charge < -0.3 is 29.6 Å². The molecule has 0 saturated heterocycles. The lowest BCUT2D eigenvalue weighted by atomic mass is 10.1. The molecular formula is C29H32N6O3. The normalized spacial score (nSPS) is 12.4. The Morgan fingerprint density at radius 2 is 2.03 bits per heavy atom. The van der Waals surface area contributed by atoms with Gasteiger partial charge in [0, 0.05) is 47.5 Å². The molecule has 9 heteroatoms. The number of hydrogen-bond donors (Lipinski definition) is 2. The lowest BCUT2D eigenvalue weighted by molar-refractivity contribution is -0.111. The van der Waals surface area contributed by atoms with E-state index in [1.165, 1.54) is 22.7 Å². The Balaban J connectivity index is 1.50. The number of aryl methyl sites for hydroxylation is 1. The molecule has 5 rings (SSSR count). The van der Waals surface area contributed by atoms with Crippen LogP contribution in [0.4, 0.5) is 17.3 Å². The van der Waals surface area contributed by atoms with E-state index < -0.39 is 0 Å². The predicted octanol–water partition coefficient (Wildman–Crippen LogP) is 4.86. The fourth-order valence-electron chi connectivity index (χ4n) is 4.81. The maximum absolute atomic E-state index is 12.1. The standard InChI is InChI=1S/C29H32N6O3/c1-5-27(36)31-22-17-21(25(37-4)18-26(22)38-16-15-34(2)3)33-29-30-13-12-20(32-29)28-19-9-6-7-10-23(19)35-14-8-11-24(28)35/h5-7,9-10,12-13,17-18H,1,8,11,14-16H2,2-4H3,(H,31,36)(H,30,32,33). The van der Waals surface area contributed by atoms with Crippen LogP contribution < -0.4 is 20.1 Å². The monoisotopic (exact) mass is 512 g/mol. The van der Waals surface area contributed by atoms with Gasteiger partial charge in [0.1, 0.15) is 18.1 Å². The van der Waals surface area contributed by atoms with Gasteiger partial charge in [0.05, 0.1) is 24.2 Å². The smallest absolute Gasteiger partial charge is 0.247 e. The van der Waals surface area contributed by atoms with Crippen LogP contribution >= 0.6 is 0 Å². The van der Waals surface area contributed by atoms with Gasteiger partial charge in [0.25, 0.3) is 0 Å². The maximum atomic E-state index is 12.1. The van der Waals surface area contributed by atoms with E-state index in [2.05, 4.69) is 51.0 Å². The Morgan fingerprint density at radius 1 is 1.18 bits per heavy atom. The zero-order valence-corrected chi connectivity index (χ0v) is 22.0. The van der Waals surface area contributed by atoms with Gasteiger partial charge in [0.2, 0.25) is 11.9 Å². The van der Waals surface area contributed by atoms with Gasteiger partial charge in [-0.15, -0.1) is 0 Å². The molecule has 0 atom stereocenters. The lowest BCUT2D eigenvalue weighted by Crippen LogP contribution is -2.20. The molecule has 9 nitrogen and oxygen atoms in total. The van der Waals surface area contributed by atoms with Crippen LogP contribution in [0.5, 0.6) is 11.5 Å². The van der Waals surface area contributed by atoms with Crippen LogP contribution in [0.15, 0.2) is 61.3 Å². The number of para-hydroxylation sites is 1. The minimum atomic E-state index is -0.341. The number of likely N-dealkylation sites (N-methyl/N-ethyl adjacent to an activating group) is 1. The average molecular weight is 513 g/mol. The Kier molecular flexibility index (Phi) is 7.28. The van der Waals surface area contributed by atoms with Crippen LogP contribution in [-0.2, 0) is 17.8 Å². The summed E-state index contributed by atoms with van der Waals surface area (Å²) in [6.45, 7) is 5.74. The molecule has 4 aromatic rings. The van der Waals surface area contributed by atoms with Crippen molar-refractivity contribution in [3.63, 3.8) is 0 Å². The average Bonchev–Trinajstić information content (AvgIpc) is 3.50. The summed E-state index contributed by atoms with van der Waals surface area (Å²) in [4.78, 5) is 23.5. The maximum Gasteiger partial charge on any atom is 0.247 e. The van der Waals surface area contributed by atoms with Crippen LogP contribution in [0, 0.1) is 0 Å². The molecule has 0 aliphatic carbocycles. The molecule has 0 radical (unpaired) electrons. The number of rotatable bonds is 10. The summed E-state index contributed by atoms with van der Waals surface area (Å²) in [7, 11) is 5.52. The summed E-state index contributed by atoms with van der Waals surface area (Å²) in [6, 6.07) is 13.9. The number of fused-ring (bicyclic) bond motifs is 3. The van der Waals surface area contributed by atoms with E-state index in [9.17, 15) is 4.79 Å². The van der Waals surface area contributed by atoms with Crippen molar-refractivity contribution in [2.24, 2.45) is 0 Å². The topological polar surface area (TPSA) is 93.5 Å². The van der Waals surface area contributed by atoms with Crippen molar-refractivity contribution in [2.45, 2.75) is 19.4 Å². The second-order valence-corrected chi connectivity index (χ2v) is 9.38. The highest BCUT2D eigenvalue weighted by molar-refractivity contribution is 6.01. The molecule has 0 spiro atoms. The summed E-state index contributed by atoms with van der Waals surface area (Å²) in [6.07, 6.45) is 5.12. The Labute approximate surface area is 222 Å². The van der Waals surface area contributed by atoms with Gasteiger partial charge in [-0.2, -0.15) is 0 Å². The van der Waals surface area contributed by atoms with Crippen molar-refractivity contribution in [1.82, 2.24) is 19.4 Å². The van der Waals surface area contributed by atoms with Crippen molar-refractivity contribution in [1.29, 1.82) is 0 Å². The number of hydrogen-bond acceptors (Lipinski definition) is 7. The first-order valence-corrected chi connectivity index (χ1v) is 12.6. The number of anilines is 3. The molecule has 3 heterocycles. The SMILES string of the molecule is C=CC(=O)Nc1cc(Nc2nccc(-c3c4n(c5ccccc35)CCC4)n2)c(OC)cc1OCCN(C)C. The summed E-state index contributed by atoms with van der Waals surface area (Å²) in [5.41, 5.74) is 5.64. The molecule has 0 bridgehead atoms. The number of amides is 1. The summed E-state index contributed by atoms with van der Waals surface area (Å²) in [5.74, 6) is 1.11. The van der Waals surface area contributed by atoms with E-state index in [0.29, 0.717) is 35.4 Å². The largest absolute Gasteiger partial charge is 0.494 e. The predicted molar refractivity (Wildman–Crippen MR) is 150 cm³/mol. The number of benzene rings is 2. The Morgan fingerprint density at radius 3 is 2.82 bits per heavy atom. The van der Waals surface area contributed by atoms with Gasteiger partial charge in [-0.25, -0.2) is 9.97 Å². The minimum Gasteiger partial charge on any atom is -0.494 e. The van der Waals surface area contributed by atoms with Crippen LogP contribution in [0.25, 0.3) is 22.2 Å². The second kappa shape index (κ2) is 10.9. The van der Waals surface area contributed by atoms with Crippen molar-refractivity contribution in [2.75, 3.05) is 45.0 Å². The highest BCUT2D eigenvalue weighted by Crippen LogP contribution is 2.40. The third-order valence-corrected chi connectivity index (χ3v) is 6.57. The van der Waals surface area contributed by atoms with E-state index in [-0.39, 0.29) is 5.91 Å². The van der Waals surface area contributed by atoms with Crippen molar-refractivity contribution in [3.05, 3.63) is 67.0 Å². The number of methoxy groups -OCH3 is 1. The molecule has 38 heavy (non-hydrogen) atoms. The first-order chi connectivity index (χ1) is 18.5. The highest BCUT2D eigenvalue weighted by atomic mass is 16.5. The van der Waals surface area contributed by atoms with E-state index in [1.54, 1.807) is 25.4 Å². The zero-order valence-electron chi connectivity index (χ0n) is 22.0. The third kappa shape index (κ3) is 5.05. The molecule has 0 fully saturated rings. The van der Waals surface area contributed by atoms with Gasteiger partial charge in [-0.3, -0.25) is 4.79 Å². The van der Waals surface area contributed by atoms with Crippen molar-refractivity contribution >= 4 is 34.1 Å². The number of aromatic nitrogens is 3. The fourth-order valence-corrected chi connectivity index (χ4v) is 4.81. The number of carbonyl (C=O) groups is 1. The van der Waals surface area contributed by atoms with Gasteiger partial charge >= 0.3 is 0 Å². The van der Waals surface area contributed by atoms with Gasteiger partial charge in [-0.1, -0.05) is 24.8 Å². The minimum absolute atomic E-state index is 0.341. The first kappa shape index (κ1) is 25.3. The quantitative estimate of drug-likeness (QED) is 0.293. The molecule has 1 amide bonds. The third-order valence-electron chi connectivity index (χ3n) is 6.57. The first-order valence-electron chi connectivity index (χ1n) is 12.6. The molecule has 2 aromatic heterocycles. The van der Waals surface area contributed by atoms with Crippen LogP contribution in [0.3, 0.4) is 0 Å². The van der Waals surface area contributed by atoms with E-state index in [1.807, 2.05) is 25.1 Å². The number of carbonyl (C=O) groups excluding carboxylic acids is 1. The number of ether oxygens (including phenoxy) is 2.